The Labute approximate surface area is 106 Å². The first-order chi connectivity index (χ1) is 7.99. The van der Waals surface area contributed by atoms with Gasteiger partial charge in [-0.05, 0) is 36.2 Å². The van der Waals surface area contributed by atoms with Crippen LogP contribution in [0.1, 0.15) is 19.4 Å². The highest BCUT2D eigenvalue weighted by molar-refractivity contribution is 8.14. The van der Waals surface area contributed by atoms with Gasteiger partial charge in [-0.1, -0.05) is 48.2 Å². The van der Waals surface area contributed by atoms with E-state index in [-0.39, 0.29) is 9.91 Å². The van der Waals surface area contributed by atoms with Crippen LogP contribution in [0.5, 0.6) is 0 Å². The molecular weight excluding hydrogens is 228 g/mol. The zero-order chi connectivity index (χ0) is 12.5. The van der Waals surface area contributed by atoms with Crippen LogP contribution in [0.2, 0.25) is 0 Å². The van der Waals surface area contributed by atoms with Gasteiger partial charge in [-0.2, -0.15) is 0 Å². The summed E-state index contributed by atoms with van der Waals surface area (Å²) in [6.45, 7) is 4.17. The highest BCUT2D eigenvalue weighted by atomic mass is 32.2. The number of hydrogen-bond acceptors (Lipinski definition) is 2. The second-order valence-electron chi connectivity index (χ2n) is 4.54. The molecule has 3 heteroatoms. The third-order valence-electron chi connectivity index (χ3n) is 2.81. The van der Waals surface area contributed by atoms with E-state index < -0.39 is 0 Å². The molecule has 0 fully saturated rings. The lowest BCUT2D eigenvalue weighted by Crippen LogP contribution is -2.18. The molecule has 2 nitrogen and oxygen atoms in total. The van der Waals surface area contributed by atoms with Crippen LogP contribution in [-0.2, 0) is 4.75 Å². The van der Waals surface area contributed by atoms with E-state index in [1.807, 2.05) is 12.1 Å². The quantitative estimate of drug-likeness (QED) is 0.625. The first kappa shape index (κ1) is 12.0. The Bertz CT molecular complexity index is 561. The molecule has 0 aliphatic heterocycles. The number of nitrogens with two attached hydrogens (primary N) is 1. The number of rotatable bonds is 2. The molecular formula is C14H16N2S. The Balaban J connectivity index is 2.45. The molecule has 88 valence electrons. The molecule has 0 saturated carbocycles. The van der Waals surface area contributed by atoms with E-state index in [1.54, 1.807) is 0 Å². The Kier molecular flexibility index (Phi) is 3.11. The van der Waals surface area contributed by atoms with Crippen LogP contribution >= 0.6 is 11.8 Å². The van der Waals surface area contributed by atoms with Gasteiger partial charge >= 0.3 is 0 Å². The molecule has 0 radical (unpaired) electrons. The molecule has 0 aliphatic carbocycles. The van der Waals surface area contributed by atoms with Crippen LogP contribution in [0.3, 0.4) is 0 Å². The van der Waals surface area contributed by atoms with Gasteiger partial charge in [0.1, 0.15) is 0 Å². The van der Waals surface area contributed by atoms with Crippen molar-refractivity contribution in [3.63, 3.8) is 0 Å². The number of amidine groups is 1. The fourth-order valence-electron chi connectivity index (χ4n) is 1.90. The van der Waals surface area contributed by atoms with Crippen molar-refractivity contribution >= 4 is 27.7 Å². The highest BCUT2D eigenvalue weighted by Crippen LogP contribution is 2.36. The molecule has 2 rings (SSSR count). The molecule has 0 bridgehead atoms. The van der Waals surface area contributed by atoms with Crippen molar-refractivity contribution in [1.82, 2.24) is 0 Å². The van der Waals surface area contributed by atoms with E-state index in [1.165, 1.54) is 28.1 Å². The summed E-state index contributed by atoms with van der Waals surface area (Å²) in [6, 6.07) is 14.7. The van der Waals surface area contributed by atoms with Crippen LogP contribution < -0.4 is 5.73 Å². The Hall–Kier alpha value is -1.48. The minimum Gasteiger partial charge on any atom is -0.379 e. The summed E-state index contributed by atoms with van der Waals surface area (Å²) < 4.78 is -0.171. The van der Waals surface area contributed by atoms with Gasteiger partial charge in [-0.15, -0.1) is 0 Å². The molecule has 0 atom stereocenters. The molecule has 0 heterocycles. The van der Waals surface area contributed by atoms with Crippen molar-refractivity contribution < 1.29 is 0 Å². The molecule has 2 aromatic rings. The summed E-state index contributed by atoms with van der Waals surface area (Å²) in [5.74, 6) is 0. The second kappa shape index (κ2) is 4.41. The molecule has 2 aromatic carbocycles. The Morgan fingerprint density at radius 3 is 2.41 bits per heavy atom. The lowest BCUT2D eigenvalue weighted by atomic mass is 9.98. The van der Waals surface area contributed by atoms with Crippen LogP contribution in [0.15, 0.2) is 42.5 Å². The molecule has 0 aliphatic rings. The summed E-state index contributed by atoms with van der Waals surface area (Å²) in [4.78, 5) is 0. The van der Waals surface area contributed by atoms with E-state index in [0.717, 1.165) is 0 Å². The molecule has 0 aromatic heterocycles. The normalized spacial score (nSPS) is 11.6. The van der Waals surface area contributed by atoms with Gasteiger partial charge in [0.25, 0.3) is 0 Å². The predicted octanol–water partition coefficient (Wildman–Crippen LogP) is 3.70. The standard InChI is InChI=1S/C14H16N2S/c1-14(2,17-13(15)16)12-8-7-10-5-3-4-6-11(10)9-12/h3-9H,1-2H3,(H3,15,16). The third-order valence-corrected chi connectivity index (χ3v) is 3.78. The highest BCUT2D eigenvalue weighted by Gasteiger charge is 2.22. The van der Waals surface area contributed by atoms with E-state index in [4.69, 9.17) is 11.1 Å². The Morgan fingerprint density at radius 1 is 1.12 bits per heavy atom. The zero-order valence-corrected chi connectivity index (χ0v) is 10.8. The second-order valence-corrected chi connectivity index (χ2v) is 6.20. The Morgan fingerprint density at radius 2 is 1.76 bits per heavy atom. The van der Waals surface area contributed by atoms with Crippen molar-refractivity contribution in [1.29, 1.82) is 5.41 Å². The molecule has 3 N–H and O–H groups in total. The maximum absolute atomic E-state index is 7.40. The number of hydrogen-bond donors (Lipinski definition) is 2. The van der Waals surface area contributed by atoms with Crippen LogP contribution in [0.4, 0.5) is 0 Å². The molecule has 0 amide bonds. The van der Waals surface area contributed by atoms with E-state index >= 15 is 0 Å². The van der Waals surface area contributed by atoms with E-state index in [2.05, 4.69) is 44.2 Å². The number of thioether (sulfide) groups is 1. The number of fused-ring (bicyclic) bond motifs is 1. The first-order valence-corrected chi connectivity index (χ1v) is 6.33. The van der Waals surface area contributed by atoms with Crippen LogP contribution in [0.25, 0.3) is 10.8 Å². The van der Waals surface area contributed by atoms with Gasteiger partial charge in [0, 0.05) is 4.75 Å². The monoisotopic (exact) mass is 244 g/mol. The first-order valence-electron chi connectivity index (χ1n) is 5.51. The van der Waals surface area contributed by atoms with Gasteiger partial charge in [0.2, 0.25) is 0 Å². The minimum absolute atomic E-state index is 0.156. The van der Waals surface area contributed by atoms with E-state index in [9.17, 15) is 0 Å². The average molecular weight is 244 g/mol. The summed E-state index contributed by atoms with van der Waals surface area (Å²) >= 11 is 1.38. The van der Waals surface area contributed by atoms with Gasteiger partial charge in [-0.3, -0.25) is 5.41 Å². The third kappa shape index (κ3) is 2.61. The van der Waals surface area contributed by atoms with Crippen molar-refractivity contribution in [3.05, 3.63) is 48.0 Å². The lowest BCUT2D eigenvalue weighted by Gasteiger charge is -2.24. The maximum atomic E-state index is 7.40. The average Bonchev–Trinajstić information content (AvgIpc) is 2.26. The van der Waals surface area contributed by atoms with Crippen molar-refractivity contribution in [3.8, 4) is 0 Å². The van der Waals surface area contributed by atoms with Gasteiger partial charge < -0.3 is 5.73 Å². The summed E-state index contributed by atoms with van der Waals surface area (Å²) in [5, 5.41) is 10.0. The molecule has 0 spiro atoms. The summed E-state index contributed by atoms with van der Waals surface area (Å²) in [7, 11) is 0. The van der Waals surface area contributed by atoms with Gasteiger partial charge in [0.05, 0.1) is 0 Å². The van der Waals surface area contributed by atoms with Crippen LogP contribution in [0, 0.1) is 5.41 Å². The van der Waals surface area contributed by atoms with Crippen molar-refractivity contribution in [2.75, 3.05) is 0 Å². The van der Waals surface area contributed by atoms with Crippen molar-refractivity contribution in [2.24, 2.45) is 5.73 Å². The van der Waals surface area contributed by atoms with Crippen LogP contribution in [-0.4, -0.2) is 5.17 Å². The lowest BCUT2D eigenvalue weighted by molar-refractivity contribution is 0.789. The largest absolute Gasteiger partial charge is 0.379 e. The SMILES string of the molecule is CC(C)(SC(=N)N)c1ccc2ccccc2c1. The predicted molar refractivity (Wildman–Crippen MR) is 76.5 cm³/mol. The smallest absolute Gasteiger partial charge is 0.151 e. The fraction of sp³-hybridized carbons (Fsp3) is 0.214. The minimum atomic E-state index is -0.171. The fourth-order valence-corrected chi connectivity index (χ4v) is 2.69. The van der Waals surface area contributed by atoms with E-state index in [0.29, 0.717) is 0 Å². The molecule has 0 saturated heterocycles. The summed E-state index contributed by atoms with van der Waals surface area (Å²) in [6.07, 6.45) is 0. The molecule has 17 heavy (non-hydrogen) atoms. The topological polar surface area (TPSA) is 49.9 Å². The maximum Gasteiger partial charge on any atom is 0.151 e. The van der Waals surface area contributed by atoms with Crippen molar-refractivity contribution in [2.45, 2.75) is 18.6 Å². The number of benzene rings is 2. The zero-order valence-electron chi connectivity index (χ0n) is 10.0. The summed E-state index contributed by atoms with van der Waals surface area (Å²) in [5.41, 5.74) is 6.67. The van der Waals surface area contributed by atoms with Gasteiger partial charge in [0.15, 0.2) is 5.17 Å². The van der Waals surface area contributed by atoms with Gasteiger partial charge in [-0.25, -0.2) is 0 Å². The molecule has 0 unspecified atom stereocenters. The number of nitrogens with one attached hydrogen (secondary N) is 1.